The summed E-state index contributed by atoms with van der Waals surface area (Å²) in [6.07, 6.45) is -6.89. The van der Waals surface area contributed by atoms with Gasteiger partial charge in [0, 0.05) is 36.6 Å². The Balaban J connectivity index is 1.52. The van der Waals surface area contributed by atoms with Gasteiger partial charge >= 0.3 is 23.5 Å². The van der Waals surface area contributed by atoms with Gasteiger partial charge in [-0.25, -0.2) is 28.6 Å². The van der Waals surface area contributed by atoms with Crippen molar-refractivity contribution in [3.63, 3.8) is 0 Å². The Morgan fingerprint density at radius 1 is 1.06 bits per heavy atom. The lowest BCUT2D eigenvalue weighted by atomic mass is 9.87. The van der Waals surface area contributed by atoms with E-state index in [1.165, 1.54) is 13.8 Å². The van der Waals surface area contributed by atoms with Gasteiger partial charge in [0.15, 0.2) is 22.8 Å². The molecule has 1 aliphatic rings. The first-order valence-corrected chi connectivity index (χ1v) is 21.0. The molecule has 0 bridgehead atoms. The molecule has 1 aliphatic heterocycles. The zero-order chi connectivity index (χ0) is 39.9. The number of ether oxygens (including phenoxy) is 1. The standard InChI is InChI=1S/C25H42N7O17P3S/c1-13(2)24(37)53-8-7-27-15(33)5-6-28-22(36)19(35)25(3,4)10-46-52(43,44)49-51(41,42)45-9-14-18(48-50(38,39)40)17(34)23(47-14)32-12-31-16-20(26)29-11-30-21(16)32/h11-14,17-19,23,34-35H,5-10H2,1-4H3,(H,27,33)(H,28,36)(H,41,42)(H,43,44)(H2,26,29,30)(H2,38,39,40)/t14-,17-,18-,19-,23-/m0/s1. The number of carbonyl (C=O) groups excluding carboxylic acids is 3. The zero-order valence-electron chi connectivity index (χ0n) is 28.7. The van der Waals surface area contributed by atoms with E-state index in [9.17, 15) is 57.9 Å². The van der Waals surface area contributed by atoms with Crippen LogP contribution in [-0.4, -0.2) is 123 Å². The van der Waals surface area contributed by atoms with Crippen LogP contribution in [0.15, 0.2) is 12.7 Å². The van der Waals surface area contributed by atoms with Crippen molar-refractivity contribution in [1.29, 1.82) is 0 Å². The molecule has 3 rings (SSSR count). The maximum absolute atomic E-state index is 12.6. The predicted octanol–water partition coefficient (Wildman–Crippen LogP) is -0.679. The monoisotopic (exact) mass is 837 g/mol. The summed E-state index contributed by atoms with van der Waals surface area (Å²) in [5, 5.41) is 26.3. The fourth-order valence-corrected chi connectivity index (χ4v) is 8.02. The number of imidazole rings is 1. The Morgan fingerprint density at radius 3 is 2.36 bits per heavy atom. The van der Waals surface area contributed by atoms with E-state index >= 15 is 0 Å². The third-order valence-corrected chi connectivity index (χ3v) is 11.5. The average molecular weight is 838 g/mol. The number of nitrogens with two attached hydrogens (primary N) is 1. The van der Waals surface area contributed by atoms with Gasteiger partial charge in [0.25, 0.3) is 0 Å². The number of aliphatic hydroxyl groups excluding tert-OH is 2. The molecule has 28 heteroatoms. The number of aromatic nitrogens is 4. The number of amides is 2. The van der Waals surface area contributed by atoms with E-state index in [1.54, 1.807) is 13.8 Å². The zero-order valence-corrected chi connectivity index (χ0v) is 32.2. The second-order valence-corrected chi connectivity index (χ2v) is 17.7. The molecule has 0 spiro atoms. The van der Waals surface area contributed by atoms with Crippen LogP contribution in [0.1, 0.15) is 40.3 Å². The Kier molecular flexibility index (Phi) is 15.7. The number of phosphoric acid groups is 3. The number of fused-ring (bicyclic) bond motifs is 1. The lowest BCUT2D eigenvalue weighted by molar-refractivity contribution is -0.137. The number of nitrogen functional groups attached to an aromatic ring is 1. The number of hydrogen-bond acceptors (Lipinski definition) is 18. The normalized spacial score (nSPS) is 22.3. The molecule has 1 saturated heterocycles. The lowest BCUT2D eigenvalue weighted by Gasteiger charge is -2.30. The van der Waals surface area contributed by atoms with Gasteiger partial charge in [0.05, 0.1) is 19.5 Å². The minimum atomic E-state index is -5.56. The Labute approximate surface area is 306 Å². The highest BCUT2D eigenvalue weighted by Gasteiger charge is 2.50. The van der Waals surface area contributed by atoms with Gasteiger partial charge in [-0.3, -0.25) is 32.5 Å². The van der Waals surface area contributed by atoms with Crippen molar-refractivity contribution in [3.05, 3.63) is 12.7 Å². The van der Waals surface area contributed by atoms with Gasteiger partial charge in [0.1, 0.15) is 36.3 Å². The van der Waals surface area contributed by atoms with E-state index in [1.807, 2.05) is 0 Å². The molecule has 53 heavy (non-hydrogen) atoms. The molecule has 300 valence electrons. The summed E-state index contributed by atoms with van der Waals surface area (Å²) in [4.78, 5) is 86.9. The minimum Gasteiger partial charge on any atom is -0.386 e. The average Bonchev–Trinajstić information content (AvgIpc) is 3.60. The van der Waals surface area contributed by atoms with Gasteiger partial charge in [-0.05, 0) is 0 Å². The molecule has 10 N–H and O–H groups in total. The smallest absolute Gasteiger partial charge is 0.386 e. The van der Waals surface area contributed by atoms with Gasteiger partial charge in [0.2, 0.25) is 11.8 Å². The number of thioether (sulfide) groups is 1. The molecular weight excluding hydrogens is 795 g/mol. The van der Waals surface area contributed by atoms with Crippen molar-refractivity contribution in [2.24, 2.45) is 11.3 Å². The second-order valence-electron chi connectivity index (χ2n) is 12.4. The highest BCUT2D eigenvalue weighted by molar-refractivity contribution is 8.13. The Hall–Kier alpha value is -2.44. The summed E-state index contributed by atoms with van der Waals surface area (Å²) in [5.74, 6) is -1.22. The minimum absolute atomic E-state index is 0.0174. The van der Waals surface area contributed by atoms with Crippen molar-refractivity contribution in [3.8, 4) is 0 Å². The number of aliphatic hydroxyl groups is 2. The molecule has 2 aromatic rings. The fraction of sp³-hybridized carbons (Fsp3) is 0.680. The summed E-state index contributed by atoms with van der Waals surface area (Å²) in [6, 6.07) is 0. The van der Waals surface area contributed by atoms with Crippen LogP contribution >= 0.6 is 35.2 Å². The number of hydrogen-bond donors (Lipinski definition) is 9. The first-order chi connectivity index (χ1) is 24.4. The van der Waals surface area contributed by atoms with Crippen molar-refractivity contribution in [1.82, 2.24) is 30.2 Å². The van der Waals surface area contributed by atoms with Crippen molar-refractivity contribution >= 4 is 69.1 Å². The number of carbonyl (C=O) groups is 3. The first kappa shape index (κ1) is 45.0. The third-order valence-electron chi connectivity index (χ3n) is 7.22. The molecule has 24 nitrogen and oxygen atoms in total. The SMILES string of the molecule is CC(C)C(=O)SCCNC(=O)CCNC(=O)[C@H](O)C(C)(C)COP(=O)(O)OP(=O)(O)OC[C@@H]1O[C@H](n2cnc3c(N)ncnc32)[C@@H](O)[C@H]1OP(=O)(O)O. The molecule has 7 atom stereocenters. The van der Waals surface area contributed by atoms with Crippen molar-refractivity contribution < 1.29 is 80.5 Å². The van der Waals surface area contributed by atoms with Crippen molar-refractivity contribution in [2.45, 2.75) is 64.8 Å². The van der Waals surface area contributed by atoms with Crippen LogP contribution < -0.4 is 16.4 Å². The quantitative estimate of drug-likeness (QED) is 0.0589. The molecule has 1 fully saturated rings. The fourth-order valence-electron chi connectivity index (χ4n) is 4.45. The summed E-state index contributed by atoms with van der Waals surface area (Å²) < 4.78 is 61.9. The van der Waals surface area contributed by atoms with E-state index in [2.05, 4.69) is 34.4 Å². The van der Waals surface area contributed by atoms with Gasteiger partial charge in [-0.2, -0.15) is 4.31 Å². The molecular formula is C25H42N7O17P3S. The molecule has 0 radical (unpaired) electrons. The van der Waals surface area contributed by atoms with E-state index in [0.717, 1.165) is 29.0 Å². The molecule has 2 amide bonds. The summed E-state index contributed by atoms with van der Waals surface area (Å²) >= 11 is 1.08. The van der Waals surface area contributed by atoms with E-state index in [0.29, 0.717) is 5.75 Å². The molecule has 0 aliphatic carbocycles. The maximum atomic E-state index is 12.6. The largest absolute Gasteiger partial charge is 0.481 e. The molecule has 2 aromatic heterocycles. The van der Waals surface area contributed by atoms with Crippen molar-refractivity contribution in [2.75, 3.05) is 37.8 Å². The van der Waals surface area contributed by atoms with Gasteiger partial charge < -0.3 is 50.9 Å². The second kappa shape index (κ2) is 18.5. The Bertz CT molecular complexity index is 1760. The van der Waals surface area contributed by atoms with E-state index in [-0.39, 0.29) is 47.5 Å². The highest BCUT2D eigenvalue weighted by atomic mass is 32.2. The van der Waals surface area contributed by atoms with Crippen LogP contribution in [-0.2, 0) is 50.7 Å². The molecule has 3 heterocycles. The van der Waals surface area contributed by atoms with Gasteiger partial charge in [-0.1, -0.05) is 39.5 Å². The number of phosphoric ester groups is 3. The topological polar surface area (TPSA) is 364 Å². The van der Waals surface area contributed by atoms with E-state index < -0.39 is 84.6 Å². The van der Waals surface area contributed by atoms with Crippen LogP contribution in [0, 0.1) is 11.3 Å². The van der Waals surface area contributed by atoms with E-state index in [4.69, 9.17) is 19.5 Å². The van der Waals surface area contributed by atoms with Crippen LogP contribution in [0.25, 0.3) is 11.2 Å². The van der Waals surface area contributed by atoms with Crippen LogP contribution in [0.2, 0.25) is 0 Å². The Morgan fingerprint density at radius 2 is 1.72 bits per heavy atom. The molecule has 2 unspecified atom stereocenters. The van der Waals surface area contributed by atoms with Crippen LogP contribution in [0.5, 0.6) is 0 Å². The maximum Gasteiger partial charge on any atom is 0.481 e. The summed E-state index contributed by atoms with van der Waals surface area (Å²) in [5.41, 5.74) is 4.26. The first-order valence-electron chi connectivity index (χ1n) is 15.5. The molecule has 0 saturated carbocycles. The lowest BCUT2D eigenvalue weighted by Crippen LogP contribution is -2.46. The summed E-state index contributed by atoms with van der Waals surface area (Å²) in [7, 11) is -16.4. The number of rotatable bonds is 20. The molecule has 0 aromatic carbocycles. The highest BCUT2D eigenvalue weighted by Crippen LogP contribution is 2.61. The summed E-state index contributed by atoms with van der Waals surface area (Å²) in [6.45, 7) is 4.03. The number of nitrogens with one attached hydrogen (secondary N) is 2. The number of nitrogens with zero attached hydrogens (tertiary/aromatic N) is 4. The van der Waals surface area contributed by atoms with Crippen LogP contribution in [0.4, 0.5) is 5.82 Å². The predicted molar refractivity (Wildman–Crippen MR) is 182 cm³/mol. The van der Waals surface area contributed by atoms with Gasteiger partial charge in [-0.15, -0.1) is 0 Å². The third kappa shape index (κ3) is 13.4. The van der Waals surface area contributed by atoms with Crippen LogP contribution in [0.3, 0.4) is 0 Å². The number of anilines is 1.